The first-order chi connectivity index (χ1) is 6.84. The van der Waals surface area contributed by atoms with Crippen molar-refractivity contribution in [3.05, 3.63) is 18.0 Å². The van der Waals surface area contributed by atoms with E-state index < -0.39 is 0 Å². The van der Waals surface area contributed by atoms with Crippen molar-refractivity contribution in [2.24, 2.45) is 18.9 Å². The highest BCUT2D eigenvalue weighted by Gasteiger charge is 2.47. The van der Waals surface area contributed by atoms with Gasteiger partial charge in [0.05, 0.1) is 5.69 Å². The molecule has 1 aromatic heterocycles. The minimum atomic E-state index is 0.787. The predicted octanol–water partition coefficient (Wildman–Crippen LogP) is 1.31. The first-order valence-corrected chi connectivity index (χ1v) is 5.55. The Labute approximate surface area is 84.5 Å². The number of fused-ring (bicyclic) bond motifs is 1. The highest BCUT2D eigenvalue weighted by Crippen LogP contribution is 2.51. The van der Waals surface area contributed by atoms with Crippen LogP contribution in [-0.4, -0.2) is 15.8 Å². The van der Waals surface area contributed by atoms with Crippen LogP contribution in [0.3, 0.4) is 0 Å². The van der Waals surface area contributed by atoms with Gasteiger partial charge in [0.2, 0.25) is 0 Å². The standard InChI is InChI=1S/C11H17N3/c1-14-9(4-5-13-14)7-12-11-3-2-8-6-10(8)11/h4-5,8,10-12H,2-3,6-7H2,1H3/t8-,10+,11?/m1/s1. The fourth-order valence-electron chi connectivity index (χ4n) is 2.77. The Kier molecular flexibility index (Phi) is 1.87. The smallest absolute Gasteiger partial charge is 0.0518 e. The van der Waals surface area contributed by atoms with E-state index in [9.17, 15) is 0 Å². The molecule has 76 valence electrons. The van der Waals surface area contributed by atoms with Gasteiger partial charge in [-0.3, -0.25) is 4.68 Å². The lowest BCUT2D eigenvalue weighted by Gasteiger charge is -2.13. The highest BCUT2D eigenvalue weighted by molar-refractivity contribution is 5.04. The Morgan fingerprint density at radius 2 is 2.50 bits per heavy atom. The maximum Gasteiger partial charge on any atom is 0.0518 e. The number of aryl methyl sites for hydroxylation is 1. The van der Waals surface area contributed by atoms with E-state index in [1.54, 1.807) is 0 Å². The fraction of sp³-hybridized carbons (Fsp3) is 0.727. The first kappa shape index (κ1) is 8.48. The molecule has 1 heterocycles. The molecule has 3 heteroatoms. The summed E-state index contributed by atoms with van der Waals surface area (Å²) in [5.74, 6) is 2.07. The average molecular weight is 191 g/mol. The Morgan fingerprint density at radius 3 is 3.07 bits per heavy atom. The SMILES string of the molecule is Cn1nccc1CNC1CC[C@@H]2C[C@H]12. The van der Waals surface area contributed by atoms with Crippen LogP contribution >= 0.6 is 0 Å². The molecule has 3 atom stereocenters. The lowest BCUT2D eigenvalue weighted by atomic mass is 10.1. The number of rotatable bonds is 3. The van der Waals surface area contributed by atoms with Crippen LogP contribution in [0.5, 0.6) is 0 Å². The van der Waals surface area contributed by atoms with Crippen LogP contribution in [-0.2, 0) is 13.6 Å². The molecular formula is C11H17N3. The second kappa shape index (κ2) is 3.09. The molecule has 0 radical (unpaired) electrons. The van der Waals surface area contributed by atoms with Gasteiger partial charge < -0.3 is 5.32 Å². The van der Waals surface area contributed by atoms with Crippen molar-refractivity contribution >= 4 is 0 Å². The monoisotopic (exact) mass is 191 g/mol. The maximum atomic E-state index is 4.17. The third-order valence-electron chi connectivity index (χ3n) is 3.81. The van der Waals surface area contributed by atoms with Gasteiger partial charge in [0, 0.05) is 25.8 Å². The van der Waals surface area contributed by atoms with Gasteiger partial charge >= 0.3 is 0 Å². The predicted molar refractivity (Wildman–Crippen MR) is 54.7 cm³/mol. The molecule has 0 amide bonds. The van der Waals surface area contributed by atoms with Gasteiger partial charge in [0.15, 0.2) is 0 Å². The van der Waals surface area contributed by atoms with Crippen LogP contribution in [0.4, 0.5) is 0 Å². The lowest BCUT2D eigenvalue weighted by Crippen LogP contribution is -2.29. The zero-order chi connectivity index (χ0) is 9.54. The van der Waals surface area contributed by atoms with Crippen molar-refractivity contribution in [3.8, 4) is 0 Å². The van der Waals surface area contributed by atoms with Gasteiger partial charge in [0.25, 0.3) is 0 Å². The van der Waals surface area contributed by atoms with Crippen molar-refractivity contribution in [1.82, 2.24) is 15.1 Å². The molecule has 0 spiro atoms. The van der Waals surface area contributed by atoms with Crippen LogP contribution < -0.4 is 5.32 Å². The normalized spacial score (nSPS) is 34.5. The summed E-state index contributed by atoms with van der Waals surface area (Å²) in [6.07, 6.45) is 6.18. The molecule has 3 rings (SSSR count). The summed E-state index contributed by atoms with van der Waals surface area (Å²) in [5.41, 5.74) is 1.29. The number of hydrogen-bond acceptors (Lipinski definition) is 2. The molecule has 0 aromatic carbocycles. The molecule has 1 unspecified atom stereocenters. The van der Waals surface area contributed by atoms with E-state index in [4.69, 9.17) is 0 Å². The topological polar surface area (TPSA) is 29.9 Å². The number of nitrogens with zero attached hydrogens (tertiary/aromatic N) is 2. The zero-order valence-corrected chi connectivity index (χ0v) is 8.61. The molecule has 2 saturated carbocycles. The van der Waals surface area contributed by atoms with Gasteiger partial charge in [-0.05, 0) is 37.2 Å². The average Bonchev–Trinajstić information content (AvgIpc) is 2.68. The largest absolute Gasteiger partial charge is 0.308 e. The lowest BCUT2D eigenvalue weighted by molar-refractivity contribution is 0.464. The van der Waals surface area contributed by atoms with Crippen molar-refractivity contribution in [1.29, 1.82) is 0 Å². The minimum absolute atomic E-state index is 0.787. The molecule has 14 heavy (non-hydrogen) atoms. The van der Waals surface area contributed by atoms with E-state index in [1.165, 1.54) is 25.0 Å². The Bertz CT molecular complexity index is 331. The molecule has 1 aromatic rings. The molecule has 0 aliphatic heterocycles. The van der Waals surface area contributed by atoms with Gasteiger partial charge in [-0.2, -0.15) is 5.10 Å². The molecule has 0 bridgehead atoms. The van der Waals surface area contributed by atoms with E-state index >= 15 is 0 Å². The molecule has 2 aliphatic carbocycles. The van der Waals surface area contributed by atoms with Crippen molar-refractivity contribution < 1.29 is 0 Å². The van der Waals surface area contributed by atoms with E-state index in [2.05, 4.69) is 16.5 Å². The second-order valence-corrected chi connectivity index (χ2v) is 4.67. The van der Waals surface area contributed by atoms with Crippen LogP contribution in [0, 0.1) is 11.8 Å². The van der Waals surface area contributed by atoms with Crippen LogP contribution in [0.25, 0.3) is 0 Å². The van der Waals surface area contributed by atoms with Crippen molar-refractivity contribution in [2.45, 2.75) is 31.8 Å². The maximum absolute atomic E-state index is 4.17. The van der Waals surface area contributed by atoms with E-state index in [0.29, 0.717) is 0 Å². The van der Waals surface area contributed by atoms with Crippen molar-refractivity contribution in [2.75, 3.05) is 0 Å². The Hall–Kier alpha value is -0.830. The zero-order valence-electron chi connectivity index (χ0n) is 8.61. The van der Waals surface area contributed by atoms with E-state index in [-0.39, 0.29) is 0 Å². The van der Waals surface area contributed by atoms with E-state index in [1.807, 2.05) is 17.9 Å². The number of aromatic nitrogens is 2. The molecule has 2 aliphatic rings. The minimum Gasteiger partial charge on any atom is -0.308 e. The van der Waals surface area contributed by atoms with Gasteiger partial charge in [0.1, 0.15) is 0 Å². The van der Waals surface area contributed by atoms with Crippen LogP contribution in [0.15, 0.2) is 12.3 Å². The summed E-state index contributed by atoms with van der Waals surface area (Å²) in [7, 11) is 2.01. The summed E-state index contributed by atoms with van der Waals surface area (Å²) < 4.78 is 1.95. The second-order valence-electron chi connectivity index (χ2n) is 4.67. The summed E-state index contributed by atoms with van der Waals surface area (Å²) in [6, 6.07) is 2.88. The molecule has 1 N–H and O–H groups in total. The first-order valence-electron chi connectivity index (χ1n) is 5.55. The fourth-order valence-corrected chi connectivity index (χ4v) is 2.77. The van der Waals surface area contributed by atoms with Gasteiger partial charge in [-0.1, -0.05) is 0 Å². The van der Waals surface area contributed by atoms with Crippen LogP contribution in [0.2, 0.25) is 0 Å². The molecular weight excluding hydrogens is 174 g/mol. The third kappa shape index (κ3) is 1.36. The Balaban J connectivity index is 1.56. The molecule has 3 nitrogen and oxygen atoms in total. The molecule has 0 saturated heterocycles. The van der Waals surface area contributed by atoms with Crippen LogP contribution in [0.1, 0.15) is 25.0 Å². The summed E-state index contributed by atoms with van der Waals surface area (Å²) in [6.45, 7) is 0.977. The summed E-state index contributed by atoms with van der Waals surface area (Å²) >= 11 is 0. The van der Waals surface area contributed by atoms with Crippen molar-refractivity contribution in [3.63, 3.8) is 0 Å². The Morgan fingerprint density at radius 1 is 1.57 bits per heavy atom. The van der Waals surface area contributed by atoms with E-state index in [0.717, 1.165) is 24.4 Å². The summed E-state index contributed by atoms with van der Waals surface area (Å²) in [4.78, 5) is 0. The number of hydrogen-bond donors (Lipinski definition) is 1. The van der Waals surface area contributed by atoms with Gasteiger partial charge in [-0.15, -0.1) is 0 Å². The molecule has 2 fully saturated rings. The van der Waals surface area contributed by atoms with Gasteiger partial charge in [-0.25, -0.2) is 0 Å². The summed E-state index contributed by atoms with van der Waals surface area (Å²) in [5, 5.41) is 7.82. The number of nitrogens with one attached hydrogen (secondary N) is 1. The third-order valence-corrected chi connectivity index (χ3v) is 3.81. The highest BCUT2D eigenvalue weighted by atomic mass is 15.3. The quantitative estimate of drug-likeness (QED) is 0.780.